The number of halogens is 9. The highest BCUT2D eigenvalue weighted by molar-refractivity contribution is 6.83. The molecule has 1 fully saturated rings. The molecule has 1 unspecified atom stereocenters. The van der Waals surface area contributed by atoms with E-state index in [2.05, 4.69) is 12.3 Å². The topological polar surface area (TPSA) is 27.7 Å². The molecule has 0 bridgehead atoms. The third-order valence-corrected chi connectivity index (χ3v) is 9.83. The smallest absolute Gasteiger partial charge is 0.417 e. The zero-order valence-electron chi connectivity index (χ0n) is 7.91. The molecule has 0 aromatic rings. The van der Waals surface area contributed by atoms with E-state index in [9.17, 15) is 39.5 Å². The lowest BCUT2D eigenvalue weighted by atomic mass is 11.5. The normalized spacial score (nSPS) is 27.5. The van der Waals surface area contributed by atoms with E-state index in [1.165, 1.54) is 0 Å². The van der Waals surface area contributed by atoms with Gasteiger partial charge in [0, 0.05) is 0 Å². The van der Waals surface area contributed by atoms with Crippen molar-refractivity contribution in [2.75, 3.05) is 0 Å². The highest BCUT2D eigenvalue weighted by Crippen LogP contribution is 2.45. The van der Waals surface area contributed by atoms with Crippen molar-refractivity contribution in [3.63, 3.8) is 0 Å². The molecule has 0 radical (unpaired) electrons. The van der Waals surface area contributed by atoms with E-state index in [1.54, 1.807) is 0 Å². The molecule has 0 spiro atoms. The van der Waals surface area contributed by atoms with Crippen molar-refractivity contribution < 1.29 is 51.9 Å². The summed E-state index contributed by atoms with van der Waals surface area (Å²) in [7, 11) is -15.1. The monoisotopic (exact) mass is 342 g/mol. The quantitative estimate of drug-likeness (QED) is 0.486. The number of hydrogen-bond acceptors (Lipinski definition) is 3. The van der Waals surface area contributed by atoms with Crippen molar-refractivity contribution in [3.8, 4) is 0 Å². The zero-order valence-corrected chi connectivity index (χ0v) is 11.5. The Kier molecular flexibility index (Phi) is 3.97. The van der Waals surface area contributed by atoms with Crippen LogP contribution in [-0.2, 0) is 12.3 Å². The van der Waals surface area contributed by atoms with Gasteiger partial charge in [0.2, 0.25) is 0 Å². The number of rotatable bonds is 0. The average Bonchev–Trinajstić information content (AvgIpc) is 2.13. The van der Waals surface area contributed by atoms with Gasteiger partial charge in [0.1, 0.15) is 0 Å². The van der Waals surface area contributed by atoms with Gasteiger partial charge in [-0.1, -0.05) is 0 Å². The standard InChI is InChI=1S/C3H3F9O3Si3/c4-1(5,6)17-13-16-14-18(15-17,2(7,8)9)3(10,11)12/h17H,16H2. The summed E-state index contributed by atoms with van der Waals surface area (Å²) in [6, 6.07) is 0. The Bertz CT molecular complexity index is 295. The number of hydrogen-bond donors (Lipinski definition) is 0. The Labute approximate surface area is 98.0 Å². The van der Waals surface area contributed by atoms with Crippen molar-refractivity contribution in [2.45, 2.75) is 17.4 Å². The molecule has 18 heavy (non-hydrogen) atoms. The van der Waals surface area contributed by atoms with E-state index in [0.29, 0.717) is 0 Å². The van der Waals surface area contributed by atoms with Crippen LogP contribution in [0, 0.1) is 0 Å². The van der Waals surface area contributed by atoms with Crippen molar-refractivity contribution >= 4 is 27.9 Å². The van der Waals surface area contributed by atoms with Crippen LogP contribution in [-0.4, -0.2) is 45.3 Å². The first-order chi connectivity index (χ1) is 7.81. The molecule has 1 rings (SSSR count). The van der Waals surface area contributed by atoms with Crippen LogP contribution < -0.4 is 0 Å². The molecule has 1 atom stereocenters. The summed E-state index contributed by atoms with van der Waals surface area (Å²) in [5.74, 6) is -17.4. The fourth-order valence-corrected chi connectivity index (χ4v) is 10.0. The minimum atomic E-state index is -6.98. The summed E-state index contributed by atoms with van der Waals surface area (Å²) in [6.45, 7) is 0. The Balaban J connectivity index is 3.14. The predicted octanol–water partition coefficient (Wildman–Crippen LogP) is 1.02. The van der Waals surface area contributed by atoms with E-state index in [4.69, 9.17) is 0 Å². The third kappa shape index (κ3) is 2.74. The molecule has 0 N–H and O–H groups in total. The lowest BCUT2D eigenvalue weighted by Crippen LogP contribution is -2.73. The largest absolute Gasteiger partial charge is 0.556 e. The lowest BCUT2D eigenvalue weighted by molar-refractivity contribution is -0.160. The van der Waals surface area contributed by atoms with E-state index in [1.807, 2.05) is 0 Å². The molecule has 15 heteroatoms. The maximum absolute atomic E-state index is 12.4. The van der Waals surface area contributed by atoms with Crippen molar-refractivity contribution in [1.82, 2.24) is 0 Å². The van der Waals surface area contributed by atoms with Gasteiger partial charge in [0.25, 0.3) is 10.0 Å². The minimum absolute atomic E-state index is 3.04. The van der Waals surface area contributed by atoms with Crippen LogP contribution in [0.5, 0.6) is 0 Å². The molecular weight excluding hydrogens is 339 g/mol. The van der Waals surface area contributed by atoms with Crippen molar-refractivity contribution in [1.29, 1.82) is 0 Å². The SMILES string of the molecule is FC(F)(F)[SiH]1O[SiH2]O[Si](C(F)(F)F)(C(F)(F)F)O1. The third-order valence-electron chi connectivity index (χ3n) is 1.77. The number of alkyl halides is 9. The second-order valence-corrected chi connectivity index (χ2v) is 10.4. The van der Waals surface area contributed by atoms with E-state index < -0.39 is 45.3 Å². The molecule has 0 amide bonds. The molecule has 1 aliphatic rings. The van der Waals surface area contributed by atoms with Gasteiger partial charge >= 0.3 is 35.2 Å². The lowest BCUT2D eigenvalue weighted by Gasteiger charge is -2.39. The molecule has 0 aromatic carbocycles. The van der Waals surface area contributed by atoms with Crippen LogP contribution in [0.25, 0.3) is 0 Å². The molecule has 1 aliphatic heterocycles. The van der Waals surface area contributed by atoms with Gasteiger partial charge in [-0.2, -0.15) is 39.5 Å². The first kappa shape index (κ1) is 16.0. The van der Waals surface area contributed by atoms with Gasteiger partial charge in [-0.15, -0.1) is 0 Å². The Morgan fingerprint density at radius 2 is 1.28 bits per heavy atom. The molecule has 0 aromatic heterocycles. The summed E-state index contributed by atoms with van der Waals surface area (Å²) in [4.78, 5) is 0. The van der Waals surface area contributed by atoms with Crippen LogP contribution >= 0.6 is 0 Å². The predicted molar refractivity (Wildman–Crippen MR) is 42.9 cm³/mol. The van der Waals surface area contributed by atoms with Crippen molar-refractivity contribution in [2.24, 2.45) is 0 Å². The highest BCUT2D eigenvalue weighted by Gasteiger charge is 2.82. The second kappa shape index (κ2) is 4.48. The van der Waals surface area contributed by atoms with Crippen LogP contribution in [0.4, 0.5) is 39.5 Å². The molecular formula is C3H3F9O3Si3. The van der Waals surface area contributed by atoms with Crippen LogP contribution in [0.1, 0.15) is 0 Å². The molecule has 108 valence electrons. The summed E-state index contributed by atoms with van der Waals surface area (Å²) < 4.78 is 121. The fourth-order valence-electron chi connectivity index (χ4n) is 1.02. The highest BCUT2D eigenvalue weighted by atomic mass is 28.5. The average molecular weight is 342 g/mol. The molecule has 0 aliphatic carbocycles. The Morgan fingerprint density at radius 3 is 1.61 bits per heavy atom. The molecule has 1 heterocycles. The van der Waals surface area contributed by atoms with Crippen molar-refractivity contribution in [3.05, 3.63) is 0 Å². The maximum Gasteiger partial charge on any atom is 0.556 e. The van der Waals surface area contributed by atoms with Gasteiger partial charge in [-0.05, 0) is 0 Å². The van der Waals surface area contributed by atoms with E-state index >= 15 is 0 Å². The molecule has 3 nitrogen and oxygen atoms in total. The van der Waals surface area contributed by atoms with Gasteiger partial charge in [-0.3, -0.25) is 0 Å². The van der Waals surface area contributed by atoms with E-state index in [0.717, 1.165) is 0 Å². The Morgan fingerprint density at radius 1 is 0.833 bits per heavy atom. The molecule has 1 saturated heterocycles. The van der Waals surface area contributed by atoms with Gasteiger partial charge < -0.3 is 12.3 Å². The minimum Gasteiger partial charge on any atom is -0.417 e. The van der Waals surface area contributed by atoms with Gasteiger partial charge in [0.15, 0.2) is 0 Å². The first-order valence-corrected chi connectivity index (χ1v) is 8.44. The summed E-state index contributed by atoms with van der Waals surface area (Å²) in [5.41, 5.74) is 0. The maximum atomic E-state index is 12.4. The van der Waals surface area contributed by atoms with Gasteiger partial charge in [0.05, 0.1) is 0 Å². The fraction of sp³-hybridized carbons (Fsp3) is 1.00. The van der Waals surface area contributed by atoms with Crippen LogP contribution in [0.2, 0.25) is 0 Å². The summed E-state index contributed by atoms with van der Waals surface area (Å²) >= 11 is 0. The second-order valence-electron chi connectivity index (χ2n) is 3.03. The first-order valence-electron chi connectivity index (χ1n) is 3.95. The zero-order chi connectivity index (χ0) is 14.4. The summed E-state index contributed by atoms with van der Waals surface area (Å²) in [6.07, 6.45) is 0. The van der Waals surface area contributed by atoms with Crippen LogP contribution in [0.3, 0.4) is 0 Å². The Hall–Kier alpha value is -0.0994. The summed E-state index contributed by atoms with van der Waals surface area (Å²) in [5, 5.41) is 0. The molecule has 0 saturated carbocycles. The van der Waals surface area contributed by atoms with E-state index in [-0.39, 0.29) is 0 Å². The van der Waals surface area contributed by atoms with Crippen LogP contribution in [0.15, 0.2) is 0 Å². The van der Waals surface area contributed by atoms with Gasteiger partial charge in [-0.25, -0.2) is 0 Å².